The van der Waals surface area contributed by atoms with Gasteiger partial charge in [-0.25, -0.2) is 4.39 Å². The molecule has 5 heteroatoms. The second-order valence-corrected chi connectivity index (χ2v) is 7.49. The highest BCUT2D eigenvalue weighted by atomic mass is 35.5. The Bertz CT molecular complexity index is 619. The summed E-state index contributed by atoms with van der Waals surface area (Å²) in [5, 5.41) is 0.0170. The first-order valence-electron chi connectivity index (χ1n) is 8.64. The minimum Gasteiger partial charge on any atom is -0.338 e. The molecule has 2 atom stereocenters. The Labute approximate surface area is 141 Å². The summed E-state index contributed by atoms with van der Waals surface area (Å²) in [7, 11) is 0. The highest BCUT2D eigenvalue weighted by molar-refractivity contribution is 6.31. The number of carbonyl (C=O) groups excluding carboxylic acids is 1. The fourth-order valence-electron chi connectivity index (χ4n) is 4.33. The fourth-order valence-corrected chi connectivity index (χ4v) is 4.50. The second-order valence-electron chi connectivity index (χ2n) is 7.08. The van der Waals surface area contributed by atoms with Crippen LogP contribution >= 0.6 is 11.6 Å². The van der Waals surface area contributed by atoms with Gasteiger partial charge in [0.05, 0.1) is 10.6 Å². The first kappa shape index (κ1) is 15.4. The van der Waals surface area contributed by atoms with Crippen molar-refractivity contribution < 1.29 is 9.18 Å². The maximum Gasteiger partial charge on any atom is 0.256 e. The van der Waals surface area contributed by atoms with Crippen LogP contribution in [0.1, 0.15) is 42.5 Å². The van der Waals surface area contributed by atoms with Crippen molar-refractivity contribution >= 4 is 17.5 Å². The van der Waals surface area contributed by atoms with E-state index in [0.717, 1.165) is 25.6 Å². The predicted molar refractivity (Wildman–Crippen MR) is 88.2 cm³/mol. The van der Waals surface area contributed by atoms with Crippen LogP contribution in [0, 0.1) is 11.7 Å². The lowest BCUT2D eigenvalue weighted by Crippen LogP contribution is -2.55. The number of amides is 1. The molecule has 1 aromatic rings. The van der Waals surface area contributed by atoms with Crippen LogP contribution in [-0.4, -0.2) is 47.4 Å². The van der Waals surface area contributed by atoms with Gasteiger partial charge in [-0.05, 0) is 56.7 Å². The van der Waals surface area contributed by atoms with E-state index in [1.54, 1.807) is 6.07 Å². The van der Waals surface area contributed by atoms with Crippen LogP contribution in [0.4, 0.5) is 4.39 Å². The van der Waals surface area contributed by atoms with Crippen LogP contribution < -0.4 is 0 Å². The van der Waals surface area contributed by atoms with Crippen molar-refractivity contribution in [2.75, 3.05) is 19.6 Å². The van der Waals surface area contributed by atoms with Crippen molar-refractivity contribution in [3.63, 3.8) is 0 Å². The Morgan fingerprint density at radius 2 is 2.00 bits per heavy atom. The molecule has 124 valence electrons. The van der Waals surface area contributed by atoms with Gasteiger partial charge in [0, 0.05) is 25.2 Å². The lowest BCUT2D eigenvalue weighted by Gasteiger charge is -2.47. The number of hydrogen-bond donors (Lipinski definition) is 0. The van der Waals surface area contributed by atoms with Gasteiger partial charge in [0.1, 0.15) is 0 Å². The standard InChI is InChI=1S/C18H22ClFN2O/c19-15-5-1-4-14(17(15)20)18(23)21-10-8-16-12(11-21)3-2-9-22(16)13-6-7-13/h1,4-5,12-13,16H,2-3,6-11H2. The van der Waals surface area contributed by atoms with Crippen molar-refractivity contribution in [2.24, 2.45) is 5.92 Å². The van der Waals surface area contributed by atoms with Gasteiger partial charge in [-0.1, -0.05) is 17.7 Å². The molecule has 1 saturated carbocycles. The summed E-state index contributed by atoms with van der Waals surface area (Å²) in [5.74, 6) is -0.277. The Kier molecular flexibility index (Phi) is 4.06. The maximum atomic E-state index is 14.1. The molecule has 0 spiro atoms. The average Bonchev–Trinajstić information content (AvgIpc) is 3.40. The summed E-state index contributed by atoms with van der Waals surface area (Å²) >= 11 is 5.82. The third-order valence-corrected chi connectivity index (χ3v) is 5.89. The molecule has 2 aliphatic heterocycles. The fraction of sp³-hybridized carbons (Fsp3) is 0.611. The Morgan fingerprint density at radius 3 is 2.78 bits per heavy atom. The molecule has 1 amide bonds. The number of benzene rings is 1. The number of carbonyl (C=O) groups is 1. The number of nitrogens with zero attached hydrogens (tertiary/aromatic N) is 2. The molecule has 3 nitrogen and oxygen atoms in total. The van der Waals surface area contributed by atoms with Gasteiger partial charge in [0.15, 0.2) is 5.82 Å². The molecular weight excluding hydrogens is 315 g/mol. The molecule has 2 saturated heterocycles. The zero-order valence-electron chi connectivity index (χ0n) is 13.2. The number of piperidine rings is 2. The van der Waals surface area contributed by atoms with Gasteiger partial charge < -0.3 is 4.90 Å². The summed E-state index contributed by atoms with van der Waals surface area (Å²) in [5.41, 5.74) is 0.103. The summed E-state index contributed by atoms with van der Waals surface area (Å²) in [6, 6.07) is 6.06. The van der Waals surface area contributed by atoms with Gasteiger partial charge in [0.2, 0.25) is 0 Å². The molecule has 0 radical (unpaired) electrons. The third-order valence-electron chi connectivity index (χ3n) is 5.60. The number of halogens is 2. The van der Waals surface area contributed by atoms with Crippen LogP contribution in [-0.2, 0) is 0 Å². The van der Waals surface area contributed by atoms with Gasteiger partial charge in [-0.2, -0.15) is 0 Å². The van der Waals surface area contributed by atoms with E-state index in [0.29, 0.717) is 12.0 Å². The number of hydrogen-bond acceptors (Lipinski definition) is 2. The van der Waals surface area contributed by atoms with E-state index in [4.69, 9.17) is 11.6 Å². The SMILES string of the molecule is O=C(c1cccc(Cl)c1F)N1CCC2C(CCCN2C2CC2)C1. The summed E-state index contributed by atoms with van der Waals surface area (Å²) < 4.78 is 14.1. The number of likely N-dealkylation sites (tertiary alicyclic amines) is 2. The van der Waals surface area contributed by atoms with Gasteiger partial charge in [0.25, 0.3) is 5.91 Å². The molecule has 0 N–H and O–H groups in total. The van der Waals surface area contributed by atoms with Gasteiger partial charge in [-0.3, -0.25) is 9.69 Å². The molecule has 23 heavy (non-hydrogen) atoms. The summed E-state index contributed by atoms with van der Waals surface area (Å²) in [6.07, 6.45) is 6.06. The first-order valence-corrected chi connectivity index (χ1v) is 9.02. The van der Waals surface area contributed by atoms with E-state index in [1.165, 1.54) is 44.4 Å². The van der Waals surface area contributed by atoms with Gasteiger partial charge >= 0.3 is 0 Å². The van der Waals surface area contributed by atoms with E-state index in [2.05, 4.69) is 4.90 Å². The van der Waals surface area contributed by atoms with Crippen LogP contribution in [0.3, 0.4) is 0 Å². The van der Waals surface area contributed by atoms with E-state index in [1.807, 2.05) is 4.90 Å². The zero-order valence-corrected chi connectivity index (χ0v) is 13.9. The van der Waals surface area contributed by atoms with Crippen LogP contribution in [0.25, 0.3) is 0 Å². The number of rotatable bonds is 2. The predicted octanol–water partition coefficient (Wildman–Crippen LogP) is 3.57. The highest BCUT2D eigenvalue weighted by Crippen LogP contribution is 2.38. The van der Waals surface area contributed by atoms with E-state index in [-0.39, 0.29) is 16.5 Å². The van der Waals surface area contributed by atoms with Gasteiger partial charge in [-0.15, -0.1) is 0 Å². The topological polar surface area (TPSA) is 23.6 Å². The Balaban J connectivity index is 1.49. The van der Waals surface area contributed by atoms with E-state index in [9.17, 15) is 9.18 Å². The Hall–Kier alpha value is -1.13. The quantitative estimate of drug-likeness (QED) is 0.824. The minimum atomic E-state index is -0.593. The van der Waals surface area contributed by atoms with Crippen molar-refractivity contribution in [3.8, 4) is 0 Å². The largest absolute Gasteiger partial charge is 0.338 e. The van der Waals surface area contributed by atoms with Crippen LogP contribution in [0.2, 0.25) is 5.02 Å². The smallest absolute Gasteiger partial charge is 0.256 e. The molecule has 0 bridgehead atoms. The van der Waals surface area contributed by atoms with Crippen molar-refractivity contribution in [2.45, 2.75) is 44.2 Å². The second kappa shape index (κ2) is 6.06. The highest BCUT2D eigenvalue weighted by Gasteiger charge is 2.42. The van der Waals surface area contributed by atoms with Crippen LogP contribution in [0.15, 0.2) is 18.2 Å². The molecule has 0 aromatic heterocycles. The zero-order chi connectivity index (χ0) is 16.0. The minimum absolute atomic E-state index is 0.0170. The molecule has 3 aliphatic rings. The van der Waals surface area contributed by atoms with E-state index < -0.39 is 5.82 Å². The summed E-state index contributed by atoms with van der Waals surface area (Å²) in [6.45, 7) is 2.68. The van der Waals surface area contributed by atoms with Crippen molar-refractivity contribution in [1.82, 2.24) is 9.80 Å². The molecule has 1 aliphatic carbocycles. The maximum absolute atomic E-state index is 14.1. The first-order chi connectivity index (χ1) is 11.1. The monoisotopic (exact) mass is 336 g/mol. The van der Waals surface area contributed by atoms with Crippen molar-refractivity contribution in [3.05, 3.63) is 34.6 Å². The summed E-state index contributed by atoms with van der Waals surface area (Å²) in [4.78, 5) is 17.2. The Morgan fingerprint density at radius 1 is 1.17 bits per heavy atom. The third kappa shape index (κ3) is 2.87. The molecule has 3 fully saturated rings. The number of fused-ring (bicyclic) bond motifs is 1. The molecule has 2 unspecified atom stereocenters. The average molecular weight is 337 g/mol. The molecular formula is C18H22ClFN2O. The lowest BCUT2D eigenvalue weighted by molar-refractivity contribution is 0.0172. The normalized spacial score (nSPS) is 28.5. The van der Waals surface area contributed by atoms with Crippen molar-refractivity contribution in [1.29, 1.82) is 0 Å². The molecule has 1 aromatic carbocycles. The lowest BCUT2D eigenvalue weighted by atomic mass is 9.83. The van der Waals surface area contributed by atoms with Crippen LogP contribution in [0.5, 0.6) is 0 Å². The molecule has 4 rings (SSSR count). The van der Waals surface area contributed by atoms with E-state index >= 15 is 0 Å². The molecule has 2 heterocycles.